The summed E-state index contributed by atoms with van der Waals surface area (Å²) in [6.45, 7) is 0.849. The molecule has 6 heteroatoms. The maximum atomic E-state index is 12.4. The maximum Gasteiger partial charge on any atom is 0.446 e. The topological polar surface area (TPSA) is 12.5 Å². The van der Waals surface area contributed by atoms with Gasteiger partial charge in [0.05, 0.1) is 0 Å². The first-order valence-corrected chi connectivity index (χ1v) is 8.37. The van der Waals surface area contributed by atoms with Gasteiger partial charge in [-0.3, -0.25) is 0 Å². The minimum absolute atomic E-state index is 0.123. The molecule has 0 fully saturated rings. The molecule has 0 N–H and O–H groups in total. The van der Waals surface area contributed by atoms with E-state index in [4.69, 9.17) is 4.74 Å². The number of benzene rings is 2. The SMILES string of the molecule is CN(C)CCC(Oc1ccc(SC(F)(F)F)cc1)c1ccccc1. The first kappa shape index (κ1) is 18.7. The van der Waals surface area contributed by atoms with Gasteiger partial charge in [-0.05, 0) is 55.7 Å². The summed E-state index contributed by atoms with van der Waals surface area (Å²) in [7, 11) is 3.98. The second-order valence-corrected chi connectivity index (χ2v) is 6.77. The van der Waals surface area contributed by atoms with E-state index >= 15 is 0 Å². The molecule has 0 spiro atoms. The van der Waals surface area contributed by atoms with Crippen LogP contribution in [0.4, 0.5) is 13.2 Å². The van der Waals surface area contributed by atoms with Gasteiger partial charge in [0.1, 0.15) is 11.9 Å². The fourth-order valence-corrected chi connectivity index (χ4v) is 2.76. The second kappa shape index (κ2) is 8.44. The monoisotopic (exact) mass is 355 g/mol. The van der Waals surface area contributed by atoms with Crippen LogP contribution < -0.4 is 4.74 Å². The zero-order valence-corrected chi connectivity index (χ0v) is 14.4. The molecule has 1 atom stereocenters. The van der Waals surface area contributed by atoms with Crippen molar-refractivity contribution in [2.75, 3.05) is 20.6 Å². The summed E-state index contributed by atoms with van der Waals surface area (Å²) in [5.74, 6) is 0.564. The third kappa shape index (κ3) is 6.45. The van der Waals surface area contributed by atoms with Crippen molar-refractivity contribution in [2.24, 2.45) is 0 Å². The molecule has 2 aromatic rings. The highest BCUT2D eigenvalue weighted by Crippen LogP contribution is 2.37. The van der Waals surface area contributed by atoms with Crippen LogP contribution in [0.1, 0.15) is 18.1 Å². The Morgan fingerprint density at radius 1 is 1.00 bits per heavy atom. The highest BCUT2D eigenvalue weighted by molar-refractivity contribution is 8.00. The van der Waals surface area contributed by atoms with E-state index in [1.54, 1.807) is 12.1 Å². The van der Waals surface area contributed by atoms with Gasteiger partial charge in [0.2, 0.25) is 0 Å². The molecule has 0 aromatic heterocycles. The zero-order chi connectivity index (χ0) is 17.6. The molecule has 0 radical (unpaired) electrons. The van der Waals surface area contributed by atoms with Gasteiger partial charge >= 0.3 is 5.51 Å². The summed E-state index contributed by atoms with van der Waals surface area (Å²) < 4.78 is 43.1. The molecule has 0 aliphatic carbocycles. The van der Waals surface area contributed by atoms with E-state index in [9.17, 15) is 13.2 Å². The van der Waals surface area contributed by atoms with E-state index in [2.05, 4.69) is 4.90 Å². The average Bonchev–Trinajstić information content (AvgIpc) is 2.52. The quantitative estimate of drug-likeness (QED) is 0.620. The molecule has 2 nitrogen and oxygen atoms in total. The third-order valence-electron chi connectivity index (χ3n) is 3.35. The van der Waals surface area contributed by atoms with E-state index in [0.29, 0.717) is 5.75 Å². The standard InChI is InChI=1S/C18H20F3NOS/c1-22(2)13-12-17(14-6-4-3-5-7-14)23-15-8-10-16(11-9-15)24-18(19,20)21/h3-11,17H,12-13H2,1-2H3. The van der Waals surface area contributed by atoms with Gasteiger partial charge in [0.25, 0.3) is 0 Å². The smallest absolute Gasteiger partial charge is 0.446 e. The minimum Gasteiger partial charge on any atom is -0.486 e. The second-order valence-electron chi connectivity index (χ2n) is 5.63. The lowest BCUT2D eigenvalue weighted by Gasteiger charge is -2.21. The molecular weight excluding hydrogens is 335 g/mol. The van der Waals surface area contributed by atoms with Gasteiger partial charge < -0.3 is 9.64 Å². The third-order valence-corrected chi connectivity index (χ3v) is 4.08. The molecule has 0 saturated carbocycles. The summed E-state index contributed by atoms with van der Waals surface area (Å²) in [6, 6.07) is 15.9. The zero-order valence-electron chi connectivity index (χ0n) is 13.6. The Bertz CT molecular complexity index is 614. The molecule has 1 unspecified atom stereocenters. The maximum absolute atomic E-state index is 12.4. The number of nitrogens with zero attached hydrogens (tertiary/aromatic N) is 1. The van der Waals surface area contributed by atoms with Crippen LogP contribution in [0.15, 0.2) is 59.5 Å². The Kier molecular flexibility index (Phi) is 6.57. The van der Waals surface area contributed by atoms with Crippen molar-refractivity contribution in [1.82, 2.24) is 4.90 Å². The van der Waals surface area contributed by atoms with Crippen LogP contribution in [-0.4, -0.2) is 31.0 Å². The Hall–Kier alpha value is -1.66. The fraction of sp³-hybridized carbons (Fsp3) is 0.333. The van der Waals surface area contributed by atoms with Crippen LogP contribution >= 0.6 is 11.8 Å². The number of hydrogen-bond donors (Lipinski definition) is 0. The van der Waals surface area contributed by atoms with Crippen molar-refractivity contribution in [3.8, 4) is 5.75 Å². The summed E-state index contributed by atoms with van der Waals surface area (Å²) in [5.41, 5.74) is -3.23. The molecule has 0 aliphatic heterocycles. The normalized spacial score (nSPS) is 13.1. The van der Waals surface area contributed by atoms with Crippen LogP contribution in [0.2, 0.25) is 0 Å². The van der Waals surface area contributed by atoms with Crippen LogP contribution in [0, 0.1) is 0 Å². The number of halogens is 3. The van der Waals surface area contributed by atoms with Gasteiger partial charge in [0, 0.05) is 17.9 Å². The van der Waals surface area contributed by atoms with Crippen LogP contribution in [-0.2, 0) is 0 Å². The largest absolute Gasteiger partial charge is 0.486 e. The number of ether oxygens (including phenoxy) is 1. The van der Waals surface area contributed by atoms with Crippen molar-refractivity contribution in [3.63, 3.8) is 0 Å². The van der Waals surface area contributed by atoms with Gasteiger partial charge in [-0.2, -0.15) is 13.2 Å². The lowest BCUT2D eigenvalue weighted by atomic mass is 10.1. The van der Waals surface area contributed by atoms with Gasteiger partial charge in [-0.15, -0.1) is 0 Å². The van der Waals surface area contributed by atoms with Crippen molar-refractivity contribution in [2.45, 2.75) is 22.9 Å². The van der Waals surface area contributed by atoms with E-state index in [-0.39, 0.29) is 22.8 Å². The molecule has 0 heterocycles. The lowest BCUT2D eigenvalue weighted by molar-refractivity contribution is -0.0328. The lowest BCUT2D eigenvalue weighted by Crippen LogP contribution is -2.18. The Labute approximate surface area is 144 Å². The van der Waals surface area contributed by atoms with E-state index in [1.807, 2.05) is 44.4 Å². The van der Waals surface area contributed by atoms with Crippen LogP contribution in [0.25, 0.3) is 0 Å². The first-order valence-electron chi connectivity index (χ1n) is 7.55. The van der Waals surface area contributed by atoms with Crippen molar-refractivity contribution >= 4 is 11.8 Å². The van der Waals surface area contributed by atoms with Crippen molar-refractivity contribution < 1.29 is 17.9 Å². The molecule has 0 bridgehead atoms. The Balaban J connectivity index is 2.08. The average molecular weight is 355 g/mol. The van der Waals surface area contributed by atoms with E-state index < -0.39 is 5.51 Å². The van der Waals surface area contributed by atoms with E-state index in [0.717, 1.165) is 18.5 Å². The first-order chi connectivity index (χ1) is 11.3. The van der Waals surface area contributed by atoms with Crippen LogP contribution in [0.5, 0.6) is 5.75 Å². The molecule has 24 heavy (non-hydrogen) atoms. The summed E-state index contributed by atoms with van der Waals surface area (Å²) in [6.07, 6.45) is 0.644. The summed E-state index contributed by atoms with van der Waals surface area (Å²) >= 11 is -0.123. The van der Waals surface area contributed by atoms with Gasteiger partial charge in [-0.25, -0.2) is 0 Å². The molecular formula is C18H20F3NOS. The van der Waals surface area contributed by atoms with Crippen molar-refractivity contribution in [1.29, 1.82) is 0 Å². The van der Waals surface area contributed by atoms with E-state index in [1.165, 1.54) is 12.1 Å². The Morgan fingerprint density at radius 3 is 2.17 bits per heavy atom. The summed E-state index contributed by atoms with van der Waals surface area (Å²) in [5, 5.41) is 0. The molecule has 2 aromatic carbocycles. The van der Waals surface area contributed by atoms with Crippen molar-refractivity contribution in [3.05, 3.63) is 60.2 Å². The number of hydrogen-bond acceptors (Lipinski definition) is 3. The predicted octanol–water partition coefficient (Wildman–Crippen LogP) is 5.37. The number of rotatable bonds is 7. The van der Waals surface area contributed by atoms with Crippen LogP contribution in [0.3, 0.4) is 0 Å². The fourth-order valence-electron chi connectivity index (χ4n) is 2.22. The van der Waals surface area contributed by atoms with Gasteiger partial charge in [-0.1, -0.05) is 30.3 Å². The molecule has 0 saturated heterocycles. The van der Waals surface area contributed by atoms with Gasteiger partial charge in [0.15, 0.2) is 0 Å². The highest BCUT2D eigenvalue weighted by Gasteiger charge is 2.29. The number of alkyl halides is 3. The molecule has 2 rings (SSSR count). The minimum atomic E-state index is -4.28. The molecule has 0 aliphatic rings. The highest BCUT2D eigenvalue weighted by atomic mass is 32.2. The molecule has 0 amide bonds. The molecule has 130 valence electrons. The predicted molar refractivity (Wildman–Crippen MR) is 91.3 cm³/mol. The Morgan fingerprint density at radius 2 is 1.62 bits per heavy atom. The number of thioether (sulfide) groups is 1. The summed E-state index contributed by atoms with van der Waals surface area (Å²) in [4.78, 5) is 2.22.